The molecule has 2 atom stereocenters. The molecule has 0 spiro atoms. The zero-order valence-corrected chi connectivity index (χ0v) is 29.2. The monoisotopic (exact) mass is 702 g/mol. The first kappa shape index (κ1) is 40.1. The van der Waals surface area contributed by atoms with Gasteiger partial charge in [0.15, 0.2) is 0 Å². The van der Waals surface area contributed by atoms with Gasteiger partial charge in [-0.05, 0) is 62.5 Å². The smallest absolute Gasteiger partial charge is 0.0448 e. The summed E-state index contributed by atoms with van der Waals surface area (Å²) in [7, 11) is 0. The van der Waals surface area contributed by atoms with Gasteiger partial charge in [-0.25, -0.2) is 0 Å². The number of carbonyl (C=O) groups excluding carboxylic acids is 4. The van der Waals surface area contributed by atoms with E-state index in [2.05, 4.69) is 41.5 Å². The molecule has 0 bridgehead atoms. The summed E-state index contributed by atoms with van der Waals surface area (Å²) in [6.07, 6.45) is 1.71. The predicted octanol–water partition coefficient (Wildman–Crippen LogP) is 2.16. The Morgan fingerprint density at radius 1 is 0.581 bits per heavy atom. The molecule has 0 aliphatic carbocycles. The van der Waals surface area contributed by atoms with Crippen molar-refractivity contribution in [2.45, 2.75) is 99.8 Å². The molecule has 0 amide bonds. The van der Waals surface area contributed by atoms with Crippen LogP contribution in [0.2, 0.25) is 6.86 Å². The SMILES string of the molecule is C[C](C)(C)[Sn+4][C](C)(C)C.O=C([O-])CCCC(Cc1ccccc1)C(=O)[O-].O=C([O-])CCCC(Cc1ccccc1)C(=O)[O-]. The van der Waals surface area contributed by atoms with E-state index < -0.39 is 35.7 Å². The number of benzene rings is 2. The van der Waals surface area contributed by atoms with Crippen LogP contribution in [0.5, 0.6) is 0 Å². The molecule has 8 nitrogen and oxygen atoms in total. The van der Waals surface area contributed by atoms with Gasteiger partial charge in [-0.1, -0.05) is 60.7 Å². The Hall–Kier alpha value is -2.88. The second-order valence-corrected chi connectivity index (χ2v) is 21.8. The molecule has 0 heterocycles. The fourth-order valence-electron chi connectivity index (χ4n) is 4.51. The van der Waals surface area contributed by atoms with Crippen LogP contribution in [0.25, 0.3) is 0 Å². The number of hydrogen-bond donors (Lipinski definition) is 0. The summed E-state index contributed by atoms with van der Waals surface area (Å²) in [5, 5.41) is 42.3. The molecule has 2 aromatic rings. The first-order valence-electron chi connectivity index (χ1n) is 14.6. The van der Waals surface area contributed by atoms with Gasteiger partial charge >= 0.3 is 69.5 Å². The van der Waals surface area contributed by atoms with Crippen molar-refractivity contribution in [2.24, 2.45) is 11.8 Å². The third-order valence-corrected chi connectivity index (χ3v) is 10.2. The van der Waals surface area contributed by atoms with Gasteiger partial charge in [-0.15, -0.1) is 0 Å². The molecule has 2 rings (SSSR count). The van der Waals surface area contributed by atoms with Gasteiger partial charge in [0.2, 0.25) is 0 Å². The van der Waals surface area contributed by atoms with E-state index in [1.54, 1.807) is 0 Å². The fourth-order valence-corrected chi connectivity index (χ4v) is 10.9. The molecule has 0 aliphatic heterocycles. The number of hydrogen-bond acceptors (Lipinski definition) is 8. The number of aliphatic carboxylic acids is 4. The van der Waals surface area contributed by atoms with E-state index in [9.17, 15) is 39.6 Å². The number of carboxylic acid groups (broad SMARTS) is 4. The minimum Gasteiger partial charge on any atom is -0.550 e. The van der Waals surface area contributed by atoms with E-state index in [4.69, 9.17) is 0 Å². The van der Waals surface area contributed by atoms with Crippen molar-refractivity contribution >= 4 is 45.0 Å². The minimum atomic E-state index is -1.15. The third-order valence-electron chi connectivity index (χ3n) is 5.93. The summed E-state index contributed by atoms with van der Waals surface area (Å²) in [5.41, 5.74) is 1.82. The second kappa shape index (κ2) is 20.9. The fraction of sp³-hybridized carbons (Fsp3) is 0.529. The van der Waals surface area contributed by atoms with Crippen LogP contribution in [0, 0.1) is 11.8 Å². The van der Waals surface area contributed by atoms with E-state index in [1.807, 2.05) is 60.7 Å². The molecule has 2 unspecified atom stereocenters. The average Bonchev–Trinajstić information content (AvgIpc) is 2.87. The molecule has 43 heavy (non-hydrogen) atoms. The van der Waals surface area contributed by atoms with Crippen LogP contribution >= 0.6 is 0 Å². The summed E-state index contributed by atoms with van der Waals surface area (Å²) < 4.78 is 1.31. The zero-order valence-electron chi connectivity index (χ0n) is 26.4. The third kappa shape index (κ3) is 24.3. The zero-order chi connectivity index (χ0) is 33.1. The van der Waals surface area contributed by atoms with Crippen molar-refractivity contribution < 1.29 is 39.6 Å². The molecular weight excluding hydrogens is 655 g/mol. The molecule has 0 saturated carbocycles. The van der Waals surface area contributed by atoms with Crippen LogP contribution in [0.1, 0.15) is 91.2 Å². The largest absolute Gasteiger partial charge is 0.550 e. The maximum Gasteiger partial charge on any atom is 0.0448 e. The van der Waals surface area contributed by atoms with Crippen molar-refractivity contribution in [2.75, 3.05) is 0 Å². The normalized spacial score (nSPS) is 12.4. The maximum absolute atomic E-state index is 10.9. The van der Waals surface area contributed by atoms with Crippen LogP contribution in [0.4, 0.5) is 0 Å². The summed E-state index contributed by atoms with van der Waals surface area (Å²) in [6.45, 7) is 14.2. The van der Waals surface area contributed by atoms with E-state index in [0.717, 1.165) is 11.1 Å². The Labute approximate surface area is 267 Å². The first-order chi connectivity index (χ1) is 19.9. The van der Waals surface area contributed by atoms with Crippen LogP contribution in [-0.2, 0) is 32.0 Å². The molecule has 0 fully saturated rings. The van der Waals surface area contributed by atoms with Crippen LogP contribution in [0.3, 0.4) is 0 Å². The van der Waals surface area contributed by atoms with Gasteiger partial charge in [-0.2, -0.15) is 0 Å². The molecular formula is C34H46O8Sn. The van der Waals surface area contributed by atoms with Crippen molar-refractivity contribution in [3.63, 3.8) is 0 Å². The Morgan fingerprint density at radius 2 is 0.884 bits per heavy atom. The molecule has 0 aromatic heterocycles. The van der Waals surface area contributed by atoms with Gasteiger partial charge in [0.05, 0.1) is 0 Å². The standard InChI is InChI=1S/2C13H16O4.2C4H9.Sn/c2*14-12(15)8-4-7-11(13(16)17)9-10-5-2-1-3-6-10;2*1-4(2)3;/h2*1-3,5-6,11H,4,7-9H2,(H,14,15)(H,16,17);2*1-3H3;/q;;;;+4/p-4. The van der Waals surface area contributed by atoms with Gasteiger partial charge in [0, 0.05) is 35.7 Å². The summed E-state index contributed by atoms with van der Waals surface area (Å²) in [6, 6.07) is 18.4. The van der Waals surface area contributed by atoms with Crippen molar-refractivity contribution in [3.8, 4) is 0 Å². The van der Waals surface area contributed by atoms with E-state index >= 15 is 0 Å². The number of carboxylic acids is 4. The van der Waals surface area contributed by atoms with Gasteiger partial charge in [-0.3, -0.25) is 0 Å². The Balaban J connectivity index is 0.000000648. The molecule has 2 aromatic carbocycles. The van der Waals surface area contributed by atoms with Crippen molar-refractivity contribution in [1.29, 1.82) is 0 Å². The van der Waals surface area contributed by atoms with E-state index in [0.29, 0.717) is 45.4 Å². The molecule has 0 aliphatic rings. The molecule has 0 saturated heterocycles. The van der Waals surface area contributed by atoms with Gasteiger partial charge < -0.3 is 39.6 Å². The van der Waals surface area contributed by atoms with Gasteiger partial charge in [0.1, 0.15) is 0 Å². The minimum absolute atomic E-state index is 0.113. The molecule has 0 N–H and O–H groups in total. The number of carbonyl (C=O) groups is 4. The quantitative estimate of drug-likeness (QED) is 0.271. The summed E-state index contributed by atoms with van der Waals surface area (Å²) >= 11 is -0.182. The van der Waals surface area contributed by atoms with Gasteiger partial charge in [0.25, 0.3) is 0 Å². The summed E-state index contributed by atoms with van der Waals surface area (Å²) in [4.78, 5) is 42.3. The maximum atomic E-state index is 10.9. The van der Waals surface area contributed by atoms with Crippen LogP contribution in [0.15, 0.2) is 60.7 Å². The average molecular weight is 701 g/mol. The topological polar surface area (TPSA) is 161 Å². The summed E-state index contributed by atoms with van der Waals surface area (Å²) in [5.74, 6) is -5.85. The second-order valence-electron chi connectivity index (χ2n) is 12.6. The Kier molecular flexibility index (Phi) is 19.5. The van der Waals surface area contributed by atoms with E-state index in [-0.39, 0.29) is 34.0 Å². The first-order valence-corrected chi connectivity index (χ1v) is 17.4. The van der Waals surface area contributed by atoms with Crippen LogP contribution in [-0.4, -0.2) is 45.0 Å². The van der Waals surface area contributed by atoms with E-state index in [1.165, 1.54) is 0 Å². The molecule has 234 valence electrons. The van der Waals surface area contributed by atoms with Crippen molar-refractivity contribution in [1.82, 2.24) is 0 Å². The molecule has 9 heteroatoms. The Bertz CT molecular complexity index is 1000. The number of rotatable bonds is 14. The molecule has 6 radical (unpaired) electrons. The van der Waals surface area contributed by atoms with Crippen molar-refractivity contribution in [3.05, 3.63) is 71.8 Å². The predicted molar refractivity (Wildman–Crippen MR) is 160 cm³/mol. The Morgan fingerprint density at radius 3 is 1.09 bits per heavy atom. The van der Waals surface area contributed by atoms with Crippen LogP contribution < -0.4 is 20.4 Å².